The van der Waals surface area contributed by atoms with Crippen molar-refractivity contribution in [1.29, 1.82) is 0 Å². The van der Waals surface area contributed by atoms with E-state index in [0.29, 0.717) is 17.0 Å². The highest BCUT2D eigenvalue weighted by Crippen LogP contribution is 2.25. The number of benzene rings is 2. The number of anilines is 1. The number of furan rings is 1. The molecule has 3 aromatic rings. The highest BCUT2D eigenvalue weighted by molar-refractivity contribution is 8.00. The van der Waals surface area contributed by atoms with Crippen molar-refractivity contribution in [2.24, 2.45) is 0 Å². The Balaban J connectivity index is 1.63. The van der Waals surface area contributed by atoms with E-state index in [1.54, 1.807) is 42.7 Å². The van der Waals surface area contributed by atoms with Crippen LogP contribution in [-0.4, -0.2) is 17.1 Å². The van der Waals surface area contributed by atoms with Crippen LogP contribution >= 0.6 is 11.8 Å². The van der Waals surface area contributed by atoms with Gasteiger partial charge in [0.05, 0.1) is 29.3 Å². The van der Waals surface area contributed by atoms with Crippen molar-refractivity contribution >= 4 is 29.3 Å². The molecular formula is C22H22N2O3S. The van der Waals surface area contributed by atoms with Gasteiger partial charge in [-0.05, 0) is 50.2 Å². The summed E-state index contributed by atoms with van der Waals surface area (Å²) in [6, 6.07) is 18.6. The van der Waals surface area contributed by atoms with Crippen molar-refractivity contribution in [2.75, 3.05) is 5.32 Å². The van der Waals surface area contributed by atoms with Crippen molar-refractivity contribution in [2.45, 2.75) is 30.5 Å². The summed E-state index contributed by atoms with van der Waals surface area (Å²) in [7, 11) is 0. The normalized spacial score (nSPS) is 11.6. The molecule has 0 aliphatic rings. The lowest BCUT2D eigenvalue weighted by Crippen LogP contribution is -2.27. The molecule has 28 heavy (non-hydrogen) atoms. The molecule has 0 fully saturated rings. The van der Waals surface area contributed by atoms with Gasteiger partial charge in [-0.3, -0.25) is 9.59 Å². The minimum Gasteiger partial charge on any atom is -0.467 e. The Morgan fingerprint density at radius 1 is 1.04 bits per heavy atom. The number of hydrogen-bond acceptors (Lipinski definition) is 4. The Morgan fingerprint density at radius 2 is 1.79 bits per heavy atom. The van der Waals surface area contributed by atoms with Crippen molar-refractivity contribution in [3.8, 4) is 0 Å². The summed E-state index contributed by atoms with van der Waals surface area (Å²) in [5, 5.41) is 5.37. The van der Waals surface area contributed by atoms with Crippen LogP contribution in [0.1, 0.15) is 28.6 Å². The maximum atomic E-state index is 12.6. The summed E-state index contributed by atoms with van der Waals surface area (Å²) < 4.78 is 5.22. The third-order valence-electron chi connectivity index (χ3n) is 4.14. The smallest absolute Gasteiger partial charge is 0.253 e. The van der Waals surface area contributed by atoms with E-state index in [0.717, 1.165) is 4.90 Å². The minimum absolute atomic E-state index is 0.156. The number of amides is 2. The van der Waals surface area contributed by atoms with Crippen LogP contribution in [0.2, 0.25) is 0 Å². The number of rotatable bonds is 7. The van der Waals surface area contributed by atoms with E-state index in [2.05, 4.69) is 10.6 Å². The van der Waals surface area contributed by atoms with E-state index in [1.807, 2.05) is 38.1 Å². The van der Waals surface area contributed by atoms with Gasteiger partial charge < -0.3 is 15.1 Å². The highest BCUT2D eigenvalue weighted by Gasteiger charge is 2.18. The molecule has 6 heteroatoms. The average Bonchev–Trinajstić information content (AvgIpc) is 3.22. The second-order valence-electron chi connectivity index (χ2n) is 6.37. The zero-order valence-electron chi connectivity index (χ0n) is 15.8. The predicted molar refractivity (Wildman–Crippen MR) is 111 cm³/mol. The quantitative estimate of drug-likeness (QED) is 0.573. The maximum absolute atomic E-state index is 12.6. The van der Waals surface area contributed by atoms with Crippen LogP contribution in [-0.2, 0) is 11.3 Å². The van der Waals surface area contributed by atoms with Crippen LogP contribution in [0.5, 0.6) is 0 Å². The first-order chi connectivity index (χ1) is 13.5. The molecule has 0 unspecified atom stereocenters. The van der Waals surface area contributed by atoms with Gasteiger partial charge in [-0.15, -0.1) is 11.8 Å². The van der Waals surface area contributed by atoms with Crippen molar-refractivity contribution < 1.29 is 14.0 Å². The molecule has 2 amide bonds. The molecule has 2 aromatic carbocycles. The number of hydrogen-bond donors (Lipinski definition) is 2. The third kappa shape index (κ3) is 5.27. The zero-order chi connectivity index (χ0) is 19.9. The molecule has 0 radical (unpaired) electrons. The number of para-hydroxylation sites is 1. The Bertz CT molecular complexity index is 937. The van der Waals surface area contributed by atoms with Gasteiger partial charge in [-0.25, -0.2) is 0 Å². The van der Waals surface area contributed by atoms with Crippen LogP contribution < -0.4 is 10.6 Å². The average molecular weight is 394 g/mol. The molecule has 0 bridgehead atoms. The van der Waals surface area contributed by atoms with E-state index >= 15 is 0 Å². The lowest BCUT2D eigenvalue weighted by atomic mass is 10.1. The molecule has 0 spiro atoms. The van der Waals surface area contributed by atoms with Crippen molar-refractivity contribution in [3.63, 3.8) is 0 Å². The van der Waals surface area contributed by atoms with Gasteiger partial charge in [0.1, 0.15) is 5.76 Å². The van der Waals surface area contributed by atoms with Gasteiger partial charge in [0, 0.05) is 4.90 Å². The molecular weight excluding hydrogens is 372 g/mol. The molecule has 0 aliphatic carbocycles. The summed E-state index contributed by atoms with van der Waals surface area (Å²) >= 11 is 1.48. The number of carbonyl (C=O) groups excluding carboxylic acids is 2. The topological polar surface area (TPSA) is 71.3 Å². The van der Waals surface area contributed by atoms with Gasteiger partial charge in [-0.1, -0.05) is 29.8 Å². The zero-order valence-corrected chi connectivity index (χ0v) is 16.6. The lowest BCUT2D eigenvalue weighted by molar-refractivity contribution is -0.115. The highest BCUT2D eigenvalue weighted by atomic mass is 32.2. The van der Waals surface area contributed by atoms with E-state index in [1.165, 1.54) is 17.3 Å². The second kappa shape index (κ2) is 9.28. The van der Waals surface area contributed by atoms with Crippen LogP contribution in [0.4, 0.5) is 5.69 Å². The molecule has 1 aromatic heterocycles. The molecule has 1 heterocycles. The van der Waals surface area contributed by atoms with E-state index in [-0.39, 0.29) is 23.6 Å². The van der Waals surface area contributed by atoms with E-state index < -0.39 is 0 Å². The molecule has 0 saturated heterocycles. The fourth-order valence-electron chi connectivity index (χ4n) is 2.57. The monoisotopic (exact) mass is 394 g/mol. The molecule has 3 rings (SSSR count). The summed E-state index contributed by atoms with van der Waals surface area (Å²) in [4.78, 5) is 26.2. The third-order valence-corrected chi connectivity index (χ3v) is 5.25. The maximum Gasteiger partial charge on any atom is 0.253 e. The number of aryl methyl sites for hydroxylation is 1. The molecule has 0 aliphatic heterocycles. The van der Waals surface area contributed by atoms with Gasteiger partial charge in [0.15, 0.2) is 0 Å². The van der Waals surface area contributed by atoms with Crippen LogP contribution in [0.25, 0.3) is 0 Å². The first-order valence-corrected chi connectivity index (χ1v) is 9.84. The number of nitrogens with one attached hydrogen (secondary N) is 2. The summed E-state index contributed by atoms with van der Waals surface area (Å²) in [6.07, 6.45) is 1.56. The predicted octanol–water partition coefficient (Wildman–Crippen LogP) is 4.64. The van der Waals surface area contributed by atoms with Crippen LogP contribution in [0, 0.1) is 6.92 Å². The van der Waals surface area contributed by atoms with Crippen LogP contribution in [0.3, 0.4) is 0 Å². The number of carbonyl (C=O) groups is 2. The molecule has 0 saturated carbocycles. The van der Waals surface area contributed by atoms with E-state index in [9.17, 15) is 9.59 Å². The van der Waals surface area contributed by atoms with Crippen molar-refractivity contribution in [1.82, 2.24) is 5.32 Å². The van der Waals surface area contributed by atoms with Crippen molar-refractivity contribution in [3.05, 3.63) is 83.8 Å². The second-order valence-corrected chi connectivity index (χ2v) is 7.78. The summed E-state index contributed by atoms with van der Waals surface area (Å²) in [5.74, 6) is 0.237. The Hall–Kier alpha value is -2.99. The standard InChI is InChI=1S/C22H22N2O3S/c1-15-9-11-18(12-10-15)28-16(2)21(25)24-20-8-4-3-7-19(20)22(26)23-14-17-6-5-13-27-17/h3-13,16H,14H2,1-2H3,(H,23,26)(H,24,25)/t16-/m0/s1. The lowest BCUT2D eigenvalue weighted by Gasteiger charge is -2.15. The molecule has 144 valence electrons. The molecule has 5 nitrogen and oxygen atoms in total. The Kier molecular flexibility index (Phi) is 6.55. The minimum atomic E-state index is -0.304. The number of thioether (sulfide) groups is 1. The van der Waals surface area contributed by atoms with Gasteiger partial charge >= 0.3 is 0 Å². The van der Waals surface area contributed by atoms with E-state index in [4.69, 9.17) is 4.42 Å². The fourth-order valence-corrected chi connectivity index (χ4v) is 3.44. The van der Waals surface area contributed by atoms with Gasteiger partial charge in [0.25, 0.3) is 5.91 Å². The molecule has 2 N–H and O–H groups in total. The first-order valence-electron chi connectivity index (χ1n) is 8.97. The van der Waals surface area contributed by atoms with Gasteiger partial charge in [0.2, 0.25) is 5.91 Å². The summed E-state index contributed by atoms with van der Waals surface area (Å²) in [5.41, 5.74) is 2.08. The molecule has 1 atom stereocenters. The Morgan fingerprint density at radius 3 is 2.50 bits per heavy atom. The fraction of sp³-hybridized carbons (Fsp3) is 0.182. The largest absolute Gasteiger partial charge is 0.467 e. The SMILES string of the molecule is Cc1ccc(S[C@@H](C)C(=O)Nc2ccccc2C(=O)NCc2ccco2)cc1. The Labute approximate surface area is 168 Å². The summed E-state index contributed by atoms with van der Waals surface area (Å²) in [6.45, 7) is 4.16. The van der Waals surface area contributed by atoms with Gasteiger partial charge in [-0.2, -0.15) is 0 Å². The van der Waals surface area contributed by atoms with Crippen LogP contribution in [0.15, 0.2) is 76.2 Å². The first kappa shape index (κ1) is 19.8.